The van der Waals surface area contributed by atoms with Crippen LogP contribution in [0.5, 0.6) is 17.2 Å². The normalized spacial score (nSPS) is 10.4. The largest absolute Gasteiger partial charge is 0.493 e. The van der Waals surface area contributed by atoms with E-state index in [1.807, 2.05) is 30.3 Å². The molecule has 0 atom stereocenters. The quantitative estimate of drug-likeness (QED) is 0.568. The molecular weight excluding hydrogens is 398 g/mol. The Balaban J connectivity index is 1.76. The van der Waals surface area contributed by atoms with Crippen molar-refractivity contribution in [3.8, 4) is 28.5 Å². The Morgan fingerprint density at radius 3 is 2.26 bits per heavy atom. The zero-order valence-corrected chi connectivity index (χ0v) is 17.8. The molecule has 8 nitrogen and oxygen atoms in total. The fraction of sp³-hybridized carbons (Fsp3) is 0.261. The van der Waals surface area contributed by atoms with E-state index in [2.05, 4.69) is 10.4 Å². The minimum absolute atomic E-state index is 0.175. The van der Waals surface area contributed by atoms with Gasteiger partial charge in [-0.05, 0) is 30.2 Å². The maximum Gasteiger partial charge on any atom is 0.267 e. The Kier molecular flexibility index (Phi) is 7.26. The third-order valence-electron chi connectivity index (χ3n) is 4.70. The van der Waals surface area contributed by atoms with E-state index in [9.17, 15) is 9.59 Å². The first-order valence-corrected chi connectivity index (χ1v) is 9.75. The van der Waals surface area contributed by atoms with E-state index in [0.29, 0.717) is 41.5 Å². The summed E-state index contributed by atoms with van der Waals surface area (Å²) in [6.45, 7) is 0.302. The van der Waals surface area contributed by atoms with Gasteiger partial charge in [0.2, 0.25) is 11.7 Å². The van der Waals surface area contributed by atoms with Gasteiger partial charge >= 0.3 is 0 Å². The molecule has 8 heteroatoms. The number of amides is 1. The number of nitrogens with one attached hydrogen (secondary N) is 1. The van der Waals surface area contributed by atoms with Crippen LogP contribution in [0, 0.1) is 0 Å². The second-order valence-electron chi connectivity index (χ2n) is 6.71. The Labute approximate surface area is 180 Å². The monoisotopic (exact) mass is 423 g/mol. The van der Waals surface area contributed by atoms with Crippen molar-refractivity contribution in [2.75, 3.05) is 27.9 Å². The Morgan fingerprint density at radius 1 is 0.968 bits per heavy atom. The number of rotatable bonds is 9. The lowest BCUT2D eigenvalue weighted by molar-refractivity contribution is -0.121. The molecule has 0 aliphatic heterocycles. The van der Waals surface area contributed by atoms with Crippen LogP contribution in [0.15, 0.2) is 59.4 Å². The molecule has 1 N–H and O–H groups in total. The van der Waals surface area contributed by atoms with E-state index in [-0.39, 0.29) is 18.0 Å². The molecule has 2 aromatic carbocycles. The minimum atomic E-state index is -0.366. The van der Waals surface area contributed by atoms with Gasteiger partial charge in [0.05, 0.1) is 27.0 Å². The molecule has 3 rings (SSSR count). The minimum Gasteiger partial charge on any atom is -0.493 e. The molecule has 0 saturated heterocycles. The number of ether oxygens (including phenoxy) is 3. The summed E-state index contributed by atoms with van der Waals surface area (Å²) in [5.41, 5.74) is 1.92. The molecular formula is C23H25N3O5. The van der Waals surface area contributed by atoms with Crippen molar-refractivity contribution in [2.45, 2.75) is 13.0 Å². The fourth-order valence-corrected chi connectivity index (χ4v) is 3.13. The van der Waals surface area contributed by atoms with E-state index in [0.717, 1.165) is 10.2 Å². The first-order valence-electron chi connectivity index (χ1n) is 9.75. The van der Waals surface area contributed by atoms with Crippen LogP contribution >= 0.6 is 0 Å². The van der Waals surface area contributed by atoms with Crippen molar-refractivity contribution in [1.29, 1.82) is 0 Å². The van der Waals surface area contributed by atoms with Crippen LogP contribution in [0.25, 0.3) is 11.3 Å². The zero-order valence-electron chi connectivity index (χ0n) is 17.8. The number of benzene rings is 2. The van der Waals surface area contributed by atoms with Gasteiger partial charge in [-0.1, -0.05) is 30.3 Å². The van der Waals surface area contributed by atoms with Crippen molar-refractivity contribution in [1.82, 2.24) is 15.1 Å². The van der Waals surface area contributed by atoms with Gasteiger partial charge in [-0.15, -0.1) is 0 Å². The standard InChI is InChI=1S/C23H25N3O5/c1-29-19-13-17(14-20(30-2)23(19)31-3)18-9-10-22(28)26(25-18)15-21(27)24-12-11-16-7-5-4-6-8-16/h4-10,13-14H,11-12,15H2,1-3H3,(H,24,27). The number of nitrogens with zero attached hydrogens (tertiary/aromatic N) is 2. The van der Waals surface area contributed by atoms with E-state index in [4.69, 9.17) is 14.2 Å². The first kappa shape index (κ1) is 21.9. The fourth-order valence-electron chi connectivity index (χ4n) is 3.13. The number of hydrogen-bond acceptors (Lipinski definition) is 6. The van der Waals surface area contributed by atoms with Gasteiger partial charge in [0.1, 0.15) is 6.54 Å². The van der Waals surface area contributed by atoms with Crippen molar-refractivity contribution in [2.24, 2.45) is 0 Å². The number of aromatic nitrogens is 2. The predicted molar refractivity (Wildman–Crippen MR) is 117 cm³/mol. The second kappa shape index (κ2) is 10.3. The highest BCUT2D eigenvalue weighted by atomic mass is 16.5. The SMILES string of the molecule is COc1cc(-c2ccc(=O)n(CC(=O)NCCc3ccccc3)n2)cc(OC)c1OC. The summed E-state index contributed by atoms with van der Waals surface area (Å²) in [5.74, 6) is 1.11. The van der Waals surface area contributed by atoms with Gasteiger partial charge in [0, 0.05) is 18.2 Å². The van der Waals surface area contributed by atoms with Crippen LogP contribution in [0.2, 0.25) is 0 Å². The Bertz CT molecular complexity index is 1070. The summed E-state index contributed by atoms with van der Waals surface area (Å²) < 4.78 is 17.2. The topological polar surface area (TPSA) is 91.7 Å². The van der Waals surface area contributed by atoms with Crippen LogP contribution in [0.3, 0.4) is 0 Å². The molecule has 0 fully saturated rings. The molecule has 3 aromatic rings. The number of carbonyl (C=O) groups excluding carboxylic acids is 1. The molecule has 0 bridgehead atoms. The van der Waals surface area contributed by atoms with Gasteiger partial charge in [0.15, 0.2) is 11.5 Å². The van der Waals surface area contributed by atoms with Crippen molar-refractivity contribution in [3.05, 3.63) is 70.5 Å². The highest BCUT2D eigenvalue weighted by Gasteiger charge is 2.16. The molecule has 1 amide bonds. The smallest absolute Gasteiger partial charge is 0.267 e. The first-order chi connectivity index (χ1) is 15.0. The molecule has 31 heavy (non-hydrogen) atoms. The third kappa shape index (κ3) is 5.42. The van der Waals surface area contributed by atoms with Gasteiger partial charge in [-0.25, -0.2) is 4.68 Å². The molecule has 0 spiro atoms. The lowest BCUT2D eigenvalue weighted by Crippen LogP contribution is -2.34. The van der Waals surface area contributed by atoms with Gasteiger partial charge in [0.25, 0.3) is 5.56 Å². The second-order valence-corrected chi connectivity index (χ2v) is 6.71. The Hall–Kier alpha value is -3.81. The van der Waals surface area contributed by atoms with E-state index >= 15 is 0 Å². The average Bonchev–Trinajstić information content (AvgIpc) is 2.80. The number of methoxy groups -OCH3 is 3. The van der Waals surface area contributed by atoms with Crippen LogP contribution in [0.4, 0.5) is 0 Å². The predicted octanol–water partition coefficient (Wildman–Crippen LogP) is 2.29. The number of hydrogen-bond donors (Lipinski definition) is 1. The summed E-state index contributed by atoms with van der Waals surface area (Å²) in [6.07, 6.45) is 0.709. The highest BCUT2D eigenvalue weighted by Crippen LogP contribution is 2.40. The van der Waals surface area contributed by atoms with Crippen LogP contribution in [-0.4, -0.2) is 43.6 Å². The molecule has 0 unspecified atom stereocenters. The van der Waals surface area contributed by atoms with Gasteiger partial charge in [-0.2, -0.15) is 5.10 Å². The maximum absolute atomic E-state index is 12.3. The molecule has 162 valence electrons. The van der Waals surface area contributed by atoms with E-state index < -0.39 is 0 Å². The summed E-state index contributed by atoms with van der Waals surface area (Å²) in [5, 5.41) is 7.17. The summed E-state index contributed by atoms with van der Waals surface area (Å²) in [6, 6.07) is 16.3. The van der Waals surface area contributed by atoms with E-state index in [1.54, 1.807) is 18.2 Å². The molecule has 0 saturated carbocycles. The van der Waals surface area contributed by atoms with Crippen molar-refractivity contribution >= 4 is 5.91 Å². The highest BCUT2D eigenvalue weighted by molar-refractivity contribution is 5.75. The van der Waals surface area contributed by atoms with Crippen LogP contribution in [0.1, 0.15) is 5.56 Å². The Morgan fingerprint density at radius 2 is 1.65 bits per heavy atom. The van der Waals surface area contributed by atoms with Gasteiger partial charge in [-0.3, -0.25) is 9.59 Å². The van der Waals surface area contributed by atoms with Gasteiger partial charge < -0.3 is 19.5 Å². The molecule has 0 radical (unpaired) electrons. The summed E-state index contributed by atoms with van der Waals surface area (Å²) in [4.78, 5) is 24.6. The summed E-state index contributed by atoms with van der Waals surface area (Å²) in [7, 11) is 4.57. The van der Waals surface area contributed by atoms with E-state index in [1.165, 1.54) is 27.4 Å². The van der Waals surface area contributed by atoms with Crippen LogP contribution in [-0.2, 0) is 17.8 Å². The molecule has 0 aliphatic rings. The van der Waals surface area contributed by atoms with Crippen LogP contribution < -0.4 is 25.1 Å². The lowest BCUT2D eigenvalue weighted by Gasteiger charge is -2.14. The zero-order chi connectivity index (χ0) is 22.2. The third-order valence-corrected chi connectivity index (χ3v) is 4.70. The molecule has 1 heterocycles. The molecule has 0 aliphatic carbocycles. The maximum atomic E-state index is 12.3. The van der Waals surface area contributed by atoms with Crippen molar-refractivity contribution in [3.63, 3.8) is 0 Å². The average molecular weight is 423 g/mol. The number of carbonyl (C=O) groups is 1. The lowest BCUT2D eigenvalue weighted by atomic mass is 10.1. The summed E-state index contributed by atoms with van der Waals surface area (Å²) >= 11 is 0. The van der Waals surface area contributed by atoms with Crippen molar-refractivity contribution < 1.29 is 19.0 Å². The molecule has 1 aromatic heterocycles.